The largest absolute Gasteiger partial charge is 0.349 e. The predicted molar refractivity (Wildman–Crippen MR) is 65.9 cm³/mol. The first-order valence-corrected chi connectivity index (χ1v) is 7.04. The van der Waals surface area contributed by atoms with E-state index in [-0.39, 0.29) is 16.8 Å². The summed E-state index contributed by atoms with van der Waals surface area (Å²) in [5, 5.41) is 7.69. The minimum Gasteiger partial charge on any atom is -0.349 e. The van der Waals surface area contributed by atoms with Gasteiger partial charge in [0.1, 0.15) is 0 Å². The number of thiazole rings is 1. The van der Waals surface area contributed by atoms with Crippen molar-refractivity contribution >= 4 is 29.0 Å². The molecule has 1 aliphatic rings. The average molecular weight is 259 g/mol. The van der Waals surface area contributed by atoms with E-state index in [0.717, 1.165) is 35.1 Å². The number of hydrogen-bond donors (Lipinski definition) is 3. The van der Waals surface area contributed by atoms with Crippen molar-refractivity contribution in [3.05, 3.63) is 20.7 Å². The third-order valence-corrected chi connectivity index (χ3v) is 4.04. The Kier molecular flexibility index (Phi) is 4.03. The maximum atomic E-state index is 11.7. The number of thioether (sulfide) groups is 1. The molecule has 16 heavy (non-hydrogen) atoms. The van der Waals surface area contributed by atoms with E-state index in [4.69, 9.17) is 0 Å². The second-order valence-corrected chi connectivity index (χ2v) is 5.46. The fourth-order valence-corrected chi connectivity index (χ4v) is 2.96. The lowest BCUT2D eigenvalue weighted by Crippen LogP contribution is -2.48. The molecule has 0 aliphatic carbocycles. The van der Waals surface area contributed by atoms with Crippen LogP contribution in [0.4, 0.5) is 0 Å². The zero-order valence-corrected chi connectivity index (χ0v) is 10.2. The first kappa shape index (κ1) is 11.7. The molecule has 88 valence electrons. The number of nitrogens with one attached hydrogen (secondary N) is 3. The van der Waals surface area contributed by atoms with E-state index >= 15 is 0 Å². The Labute approximate surface area is 101 Å². The van der Waals surface area contributed by atoms with E-state index in [1.807, 2.05) is 0 Å². The van der Waals surface area contributed by atoms with Gasteiger partial charge in [-0.25, -0.2) is 0 Å². The van der Waals surface area contributed by atoms with Gasteiger partial charge in [0.2, 0.25) is 5.91 Å². The van der Waals surface area contributed by atoms with Gasteiger partial charge < -0.3 is 15.6 Å². The van der Waals surface area contributed by atoms with Crippen LogP contribution in [0.5, 0.6) is 0 Å². The summed E-state index contributed by atoms with van der Waals surface area (Å²) in [6.07, 6.45) is 0. The molecule has 1 fully saturated rings. The molecule has 0 spiro atoms. The van der Waals surface area contributed by atoms with Crippen LogP contribution >= 0.6 is 23.1 Å². The number of aromatic amines is 1. The van der Waals surface area contributed by atoms with Crippen molar-refractivity contribution in [2.24, 2.45) is 0 Å². The van der Waals surface area contributed by atoms with E-state index < -0.39 is 0 Å². The molecule has 3 N–H and O–H groups in total. The second kappa shape index (κ2) is 5.51. The normalized spacial score (nSPS) is 20.6. The Morgan fingerprint density at radius 1 is 1.62 bits per heavy atom. The van der Waals surface area contributed by atoms with Crippen LogP contribution in [0.1, 0.15) is 5.69 Å². The highest BCUT2D eigenvalue weighted by atomic mass is 32.2. The van der Waals surface area contributed by atoms with Crippen LogP contribution in [0, 0.1) is 0 Å². The third-order valence-electron chi connectivity index (χ3n) is 2.26. The summed E-state index contributed by atoms with van der Waals surface area (Å²) in [6.45, 7) is 1.26. The van der Waals surface area contributed by atoms with Crippen LogP contribution in [-0.2, 0) is 11.3 Å². The van der Waals surface area contributed by atoms with Crippen LogP contribution in [-0.4, -0.2) is 35.0 Å². The Hall–Kier alpha value is -0.790. The average Bonchev–Trinajstić information content (AvgIpc) is 2.73. The summed E-state index contributed by atoms with van der Waals surface area (Å²) < 4.78 is 0. The fourth-order valence-electron chi connectivity index (χ4n) is 1.44. The quantitative estimate of drug-likeness (QED) is 0.700. The Morgan fingerprint density at radius 2 is 2.50 bits per heavy atom. The summed E-state index contributed by atoms with van der Waals surface area (Å²) in [5.41, 5.74) is 0.756. The van der Waals surface area contributed by atoms with E-state index in [1.54, 1.807) is 17.1 Å². The van der Waals surface area contributed by atoms with Crippen LogP contribution < -0.4 is 15.5 Å². The van der Waals surface area contributed by atoms with Gasteiger partial charge >= 0.3 is 4.87 Å². The lowest BCUT2D eigenvalue weighted by molar-refractivity contribution is -0.122. The number of hydrogen-bond acceptors (Lipinski definition) is 5. The van der Waals surface area contributed by atoms with Crippen LogP contribution in [0.15, 0.2) is 10.2 Å². The van der Waals surface area contributed by atoms with Gasteiger partial charge in [-0.2, -0.15) is 11.8 Å². The molecule has 0 saturated carbocycles. The predicted octanol–water partition coefficient (Wildman–Crippen LogP) is -0.242. The molecular weight excluding hydrogens is 246 g/mol. The highest BCUT2D eigenvalue weighted by molar-refractivity contribution is 7.99. The molecule has 2 rings (SSSR count). The van der Waals surface area contributed by atoms with Crippen molar-refractivity contribution in [1.29, 1.82) is 0 Å². The highest BCUT2D eigenvalue weighted by Gasteiger charge is 2.20. The first-order valence-electron chi connectivity index (χ1n) is 5.01. The van der Waals surface area contributed by atoms with Gasteiger partial charge in [0.05, 0.1) is 12.6 Å². The van der Waals surface area contributed by atoms with Crippen molar-refractivity contribution in [1.82, 2.24) is 15.6 Å². The van der Waals surface area contributed by atoms with Crippen molar-refractivity contribution in [3.63, 3.8) is 0 Å². The molecule has 1 unspecified atom stereocenters. The van der Waals surface area contributed by atoms with Gasteiger partial charge in [0.25, 0.3) is 0 Å². The molecule has 1 aromatic heterocycles. The molecule has 0 radical (unpaired) electrons. The monoisotopic (exact) mass is 259 g/mol. The molecule has 0 bridgehead atoms. The van der Waals surface area contributed by atoms with E-state index in [2.05, 4.69) is 15.6 Å². The molecule has 5 nitrogen and oxygen atoms in total. The van der Waals surface area contributed by atoms with Gasteiger partial charge in [-0.3, -0.25) is 9.59 Å². The summed E-state index contributed by atoms with van der Waals surface area (Å²) in [5.74, 6) is 1.87. The van der Waals surface area contributed by atoms with Crippen molar-refractivity contribution in [2.45, 2.75) is 12.6 Å². The van der Waals surface area contributed by atoms with E-state index in [1.165, 1.54) is 0 Å². The summed E-state index contributed by atoms with van der Waals surface area (Å²) in [6, 6.07) is -0.107. The minimum atomic E-state index is -0.107. The summed E-state index contributed by atoms with van der Waals surface area (Å²) >= 11 is 2.89. The maximum absolute atomic E-state index is 11.7. The van der Waals surface area contributed by atoms with Crippen LogP contribution in [0.25, 0.3) is 0 Å². The Bertz CT molecular complexity index is 409. The smallest absolute Gasteiger partial charge is 0.304 e. The zero-order valence-electron chi connectivity index (χ0n) is 8.62. The van der Waals surface area contributed by atoms with E-state index in [0.29, 0.717) is 6.54 Å². The molecule has 1 aromatic rings. The highest BCUT2D eigenvalue weighted by Crippen LogP contribution is 2.07. The molecule has 1 atom stereocenters. The summed E-state index contributed by atoms with van der Waals surface area (Å²) in [7, 11) is 0. The zero-order chi connectivity index (χ0) is 11.4. The fraction of sp³-hybridized carbons (Fsp3) is 0.556. The molecular formula is C9H13N3O2S2. The molecule has 1 aliphatic heterocycles. The first-order chi connectivity index (χ1) is 7.75. The number of H-pyrrole nitrogens is 1. The van der Waals surface area contributed by atoms with Gasteiger partial charge in [-0.1, -0.05) is 11.3 Å². The number of aromatic nitrogens is 1. The van der Waals surface area contributed by atoms with Gasteiger partial charge in [0.15, 0.2) is 0 Å². The second-order valence-electron chi connectivity index (χ2n) is 3.47. The standard InChI is InChI=1S/C9H13N3O2S2/c13-8(7-5-15-2-1-10-7)11-3-6-4-16-9(14)12-6/h4,7,10H,1-3,5H2,(H,11,13)(H,12,14). The minimum absolute atomic E-state index is 0.000695. The number of amides is 1. The van der Waals surface area contributed by atoms with Crippen LogP contribution in [0.2, 0.25) is 0 Å². The Morgan fingerprint density at radius 3 is 3.12 bits per heavy atom. The van der Waals surface area contributed by atoms with Crippen molar-refractivity contribution in [3.8, 4) is 0 Å². The number of carbonyl (C=O) groups is 1. The molecule has 0 aromatic carbocycles. The van der Waals surface area contributed by atoms with Gasteiger partial charge in [-0.05, 0) is 0 Å². The Balaban J connectivity index is 1.81. The number of rotatable bonds is 3. The van der Waals surface area contributed by atoms with Gasteiger partial charge in [0, 0.05) is 29.1 Å². The van der Waals surface area contributed by atoms with Crippen LogP contribution in [0.3, 0.4) is 0 Å². The van der Waals surface area contributed by atoms with Crippen molar-refractivity contribution in [2.75, 3.05) is 18.1 Å². The lowest BCUT2D eigenvalue weighted by Gasteiger charge is -2.21. The lowest BCUT2D eigenvalue weighted by atomic mass is 10.3. The van der Waals surface area contributed by atoms with Gasteiger partial charge in [-0.15, -0.1) is 0 Å². The van der Waals surface area contributed by atoms with E-state index in [9.17, 15) is 9.59 Å². The molecule has 7 heteroatoms. The number of carbonyl (C=O) groups excluding carboxylic acids is 1. The third kappa shape index (κ3) is 3.10. The topological polar surface area (TPSA) is 74.0 Å². The molecule has 1 saturated heterocycles. The summed E-state index contributed by atoms with van der Waals surface area (Å²) in [4.78, 5) is 25.1. The SMILES string of the molecule is O=C(NCc1csc(=O)[nH]1)C1CSCCN1. The molecule has 2 heterocycles. The molecule has 1 amide bonds. The maximum Gasteiger partial charge on any atom is 0.304 e. The van der Waals surface area contributed by atoms with Crippen molar-refractivity contribution < 1.29 is 4.79 Å².